The van der Waals surface area contributed by atoms with Gasteiger partial charge in [-0.15, -0.1) is 0 Å². The van der Waals surface area contributed by atoms with Gasteiger partial charge < -0.3 is 10.6 Å². The Balaban J connectivity index is 1.78. The lowest BCUT2D eigenvalue weighted by molar-refractivity contribution is -0.125. The minimum Gasteiger partial charge on any atom is -0.349 e. The van der Waals surface area contributed by atoms with Gasteiger partial charge in [0.05, 0.1) is 18.2 Å². The summed E-state index contributed by atoms with van der Waals surface area (Å²) in [5.41, 5.74) is 2.07. The van der Waals surface area contributed by atoms with Crippen molar-refractivity contribution in [2.45, 2.75) is 25.8 Å². The highest BCUT2D eigenvalue weighted by molar-refractivity contribution is 6.31. The highest BCUT2D eigenvalue weighted by Gasteiger charge is 2.36. The average molecular weight is 361 g/mol. The molecule has 2 heterocycles. The molecular formula is C19H25ClN4O. The molecule has 3 atom stereocenters. The predicted molar refractivity (Wildman–Crippen MR) is 99.5 cm³/mol. The van der Waals surface area contributed by atoms with E-state index in [1.165, 1.54) is 0 Å². The summed E-state index contributed by atoms with van der Waals surface area (Å²) in [7, 11) is 1.90. The Morgan fingerprint density at radius 3 is 2.76 bits per heavy atom. The van der Waals surface area contributed by atoms with Gasteiger partial charge in [-0.1, -0.05) is 43.6 Å². The van der Waals surface area contributed by atoms with E-state index in [2.05, 4.69) is 29.6 Å². The third-order valence-corrected chi connectivity index (χ3v) is 5.25. The molecule has 1 saturated heterocycles. The Kier molecular flexibility index (Phi) is 5.45. The third-order valence-electron chi connectivity index (χ3n) is 4.91. The maximum Gasteiger partial charge on any atom is 0.225 e. The largest absolute Gasteiger partial charge is 0.349 e. The van der Waals surface area contributed by atoms with Crippen molar-refractivity contribution in [3.63, 3.8) is 0 Å². The van der Waals surface area contributed by atoms with Crippen LogP contribution in [-0.4, -0.2) is 28.8 Å². The van der Waals surface area contributed by atoms with Gasteiger partial charge in [0.25, 0.3) is 0 Å². The van der Waals surface area contributed by atoms with Gasteiger partial charge >= 0.3 is 0 Å². The lowest BCUT2D eigenvalue weighted by atomic mass is 9.89. The molecule has 1 aromatic heterocycles. The van der Waals surface area contributed by atoms with Crippen molar-refractivity contribution in [3.05, 3.63) is 52.8 Å². The first kappa shape index (κ1) is 18.0. The standard InChI is InChI=1S/C19H25ClN4O/c1-12(2)18(14-6-4-5-7-17(14)20)23-19(25)16-10-21-9-15(16)13-8-22-24(3)11-13/h4-8,11-12,15-16,18,21H,9-10H2,1-3H3,(H,23,25)/t15-,16+,18?/m1/s1. The number of nitrogens with zero attached hydrogens (tertiary/aromatic N) is 2. The summed E-state index contributed by atoms with van der Waals surface area (Å²) in [6, 6.07) is 7.62. The van der Waals surface area contributed by atoms with E-state index in [1.807, 2.05) is 43.7 Å². The van der Waals surface area contributed by atoms with Crippen LogP contribution in [0.1, 0.15) is 36.9 Å². The van der Waals surface area contributed by atoms with E-state index in [0.29, 0.717) is 11.6 Å². The minimum atomic E-state index is -0.104. The molecule has 2 aromatic rings. The van der Waals surface area contributed by atoms with Crippen LogP contribution in [0.15, 0.2) is 36.7 Å². The number of hydrogen-bond acceptors (Lipinski definition) is 3. The van der Waals surface area contributed by atoms with Crippen molar-refractivity contribution in [2.75, 3.05) is 13.1 Å². The first-order valence-corrected chi connectivity index (χ1v) is 9.09. The second-order valence-electron chi connectivity index (χ2n) is 7.07. The molecule has 2 N–H and O–H groups in total. The van der Waals surface area contributed by atoms with Gasteiger partial charge in [0.2, 0.25) is 5.91 Å². The average Bonchev–Trinajstić information content (AvgIpc) is 3.21. The zero-order valence-corrected chi connectivity index (χ0v) is 15.6. The molecule has 0 aliphatic carbocycles. The van der Waals surface area contributed by atoms with E-state index in [4.69, 9.17) is 11.6 Å². The first-order valence-electron chi connectivity index (χ1n) is 8.71. The summed E-state index contributed by atoms with van der Waals surface area (Å²) < 4.78 is 1.78. The molecule has 3 rings (SSSR count). The van der Waals surface area contributed by atoms with Gasteiger partial charge in [-0.3, -0.25) is 9.48 Å². The molecule has 0 saturated carbocycles. The number of carbonyl (C=O) groups is 1. The Morgan fingerprint density at radius 2 is 2.12 bits per heavy atom. The molecule has 0 radical (unpaired) electrons. The Hall–Kier alpha value is -1.85. The smallest absolute Gasteiger partial charge is 0.225 e. The topological polar surface area (TPSA) is 59.0 Å². The molecule has 25 heavy (non-hydrogen) atoms. The number of carbonyl (C=O) groups excluding carboxylic acids is 1. The van der Waals surface area contributed by atoms with Crippen molar-refractivity contribution < 1.29 is 4.79 Å². The highest BCUT2D eigenvalue weighted by Crippen LogP contribution is 2.31. The summed E-state index contributed by atoms with van der Waals surface area (Å²) in [6.07, 6.45) is 3.85. The predicted octanol–water partition coefficient (Wildman–Crippen LogP) is 2.89. The second-order valence-corrected chi connectivity index (χ2v) is 7.48. The van der Waals surface area contributed by atoms with Gasteiger partial charge in [-0.05, 0) is 23.1 Å². The van der Waals surface area contributed by atoms with E-state index in [0.717, 1.165) is 17.7 Å². The van der Waals surface area contributed by atoms with Crippen LogP contribution in [0, 0.1) is 11.8 Å². The summed E-state index contributed by atoms with van der Waals surface area (Å²) >= 11 is 6.36. The number of benzene rings is 1. The molecule has 0 spiro atoms. The molecular weight excluding hydrogens is 336 g/mol. The van der Waals surface area contributed by atoms with Gasteiger partial charge in [0, 0.05) is 37.3 Å². The lowest BCUT2D eigenvalue weighted by Gasteiger charge is -2.26. The first-order chi connectivity index (χ1) is 12.0. The molecule has 1 aromatic carbocycles. The van der Waals surface area contributed by atoms with Crippen LogP contribution in [0.4, 0.5) is 0 Å². The maximum atomic E-state index is 13.0. The fraction of sp³-hybridized carbons (Fsp3) is 0.474. The van der Waals surface area contributed by atoms with Crippen molar-refractivity contribution in [2.24, 2.45) is 18.9 Å². The normalized spacial score (nSPS) is 21.5. The van der Waals surface area contributed by atoms with Crippen molar-refractivity contribution >= 4 is 17.5 Å². The fourth-order valence-corrected chi connectivity index (χ4v) is 3.78. The number of amides is 1. The molecule has 1 aliphatic heterocycles. The Labute approximate surface area is 153 Å². The van der Waals surface area contributed by atoms with Gasteiger partial charge in [0.1, 0.15) is 0 Å². The van der Waals surface area contributed by atoms with Crippen LogP contribution < -0.4 is 10.6 Å². The van der Waals surface area contributed by atoms with Crippen molar-refractivity contribution in [1.29, 1.82) is 0 Å². The van der Waals surface area contributed by atoms with Crippen molar-refractivity contribution in [1.82, 2.24) is 20.4 Å². The van der Waals surface area contributed by atoms with Crippen molar-refractivity contribution in [3.8, 4) is 0 Å². The van der Waals surface area contributed by atoms with Crippen LogP contribution in [0.3, 0.4) is 0 Å². The Bertz CT molecular complexity index is 743. The molecule has 5 nitrogen and oxygen atoms in total. The van der Waals surface area contributed by atoms with Gasteiger partial charge in [0.15, 0.2) is 0 Å². The molecule has 1 aliphatic rings. The minimum absolute atomic E-state index is 0.0671. The monoisotopic (exact) mass is 360 g/mol. The second kappa shape index (κ2) is 7.58. The number of nitrogens with one attached hydrogen (secondary N) is 2. The molecule has 1 fully saturated rings. The summed E-state index contributed by atoms with van der Waals surface area (Å²) in [4.78, 5) is 13.0. The highest BCUT2D eigenvalue weighted by atomic mass is 35.5. The molecule has 1 unspecified atom stereocenters. The molecule has 1 amide bonds. The van der Waals surface area contributed by atoms with E-state index < -0.39 is 0 Å². The van der Waals surface area contributed by atoms with Crippen LogP contribution in [0.25, 0.3) is 0 Å². The third kappa shape index (κ3) is 3.88. The zero-order chi connectivity index (χ0) is 18.0. The van der Waals surface area contributed by atoms with Crippen LogP contribution in [0.2, 0.25) is 5.02 Å². The van der Waals surface area contributed by atoms with Gasteiger partial charge in [-0.2, -0.15) is 5.10 Å². The van der Waals surface area contributed by atoms with Crippen LogP contribution in [-0.2, 0) is 11.8 Å². The summed E-state index contributed by atoms with van der Waals surface area (Å²) in [5.74, 6) is 0.355. The summed E-state index contributed by atoms with van der Waals surface area (Å²) in [5, 5.41) is 11.5. The zero-order valence-electron chi connectivity index (χ0n) is 14.9. The SMILES string of the molecule is CC(C)C(NC(=O)[C@H]1CNC[C@@H]1c1cnn(C)c1)c1ccccc1Cl. The van der Waals surface area contributed by atoms with E-state index in [9.17, 15) is 4.79 Å². The number of hydrogen-bond donors (Lipinski definition) is 2. The molecule has 0 bridgehead atoms. The Morgan fingerprint density at radius 1 is 1.36 bits per heavy atom. The molecule has 6 heteroatoms. The number of rotatable bonds is 5. The number of aryl methyl sites for hydroxylation is 1. The van der Waals surface area contributed by atoms with Crippen LogP contribution in [0.5, 0.6) is 0 Å². The summed E-state index contributed by atoms with van der Waals surface area (Å²) in [6.45, 7) is 5.67. The lowest BCUT2D eigenvalue weighted by Crippen LogP contribution is -2.38. The number of aromatic nitrogens is 2. The molecule has 134 valence electrons. The van der Waals surface area contributed by atoms with E-state index in [-0.39, 0.29) is 29.7 Å². The maximum absolute atomic E-state index is 13.0. The van der Waals surface area contributed by atoms with E-state index >= 15 is 0 Å². The van der Waals surface area contributed by atoms with Gasteiger partial charge in [-0.25, -0.2) is 0 Å². The van der Waals surface area contributed by atoms with E-state index in [1.54, 1.807) is 4.68 Å². The quantitative estimate of drug-likeness (QED) is 0.862. The van der Waals surface area contributed by atoms with Crippen LogP contribution >= 0.6 is 11.6 Å². The fourth-order valence-electron chi connectivity index (χ4n) is 3.53. The number of halogens is 1.